The summed E-state index contributed by atoms with van der Waals surface area (Å²) in [6, 6.07) is 49.3. The first-order valence-electron chi connectivity index (χ1n) is 40.6. The Morgan fingerprint density at radius 2 is 0.536 bits per heavy atom. The van der Waals surface area contributed by atoms with Gasteiger partial charge in [0.25, 0.3) is 11.8 Å². The Morgan fingerprint density at radius 3 is 0.760 bits per heavy atom. The van der Waals surface area contributed by atoms with E-state index in [0.29, 0.717) is 59.0 Å². The van der Waals surface area contributed by atoms with Gasteiger partial charge in [0.05, 0.1) is 129 Å². The summed E-state index contributed by atoms with van der Waals surface area (Å²) in [5.74, 6) is -9.18. The molecule has 125 heavy (non-hydrogen) atoms. The molecule has 2 fully saturated rings. The van der Waals surface area contributed by atoms with Crippen LogP contribution in [0.1, 0.15) is 41.4 Å². The molecule has 0 aromatic heterocycles. The van der Waals surface area contributed by atoms with Crippen molar-refractivity contribution in [3.8, 4) is 0 Å². The van der Waals surface area contributed by atoms with E-state index in [1.807, 2.05) is 126 Å². The second kappa shape index (κ2) is 59.1. The van der Waals surface area contributed by atoms with E-state index in [1.165, 1.54) is 14.2 Å². The molecule has 0 radical (unpaired) electrons. The third-order valence-electron chi connectivity index (χ3n) is 19.5. The number of ether oxygens (including phenoxy) is 6. The van der Waals surface area contributed by atoms with E-state index in [2.05, 4.69) is 21.3 Å². The Hall–Kier alpha value is -9.08. The number of aliphatic carboxylic acids is 6. The molecular formula is C86H111EuN12O24P2. The molecular weight excluding hydrogens is 1800 g/mol. The zero-order valence-corrected chi connectivity index (χ0v) is 74.4. The molecule has 0 aliphatic carbocycles. The summed E-state index contributed by atoms with van der Waals surface area (Å²) in [4.78, 5) is 160. The van der Waals surface area contributed by atoms with Gasteiger partial charge in [-0.3, -0.25) is 72.8 Å². The van der Waals surface area contributed by atoms with Gasteiger partial charge < -0.3 is 94.7 Å². The number of hydrogen-bond acceptors (Lipinski definition) is 29. The molecule has 2 aliphatic rings. The molecule has 0 spiro atoms. The van der Waals surface area contributed by atoms with Crippen molar-refractivity contribution >= 4 is 119 Å². The summed E-state index contributed by atoms with van der Waals surface area (Å²) in [5, 5.41) is 79.1. The van der Waals surface area contributed by atoms with Crippen molar-refractivity contribution in [1.29, 1.82) is 0 Å². The summed E-state index contributed by atoms with van der Waals surface area (Å²) in [6.45, 7) is 5.06. The van der Waals surface area contributed by atoms with Gasteiger partial charge in [-0.25, -0.2) is 9.59 Å². The van der Waals surface area contributed by atoms with Crippen molar-refractivity contribution in [2.24, 2.45) is 0 Å². The third kappa shape index (κ3) is 40.2. The van der Waals surface area contributed by atoms with Crippen molar-refractivity contribution in [2.75, 3.05) is 250 Å². The third-order valence-corrected chi connectivity index (χ3v) is 24.5. The van der Waals surface area contributed by atoms with Crippen LogP contribution in [-0.4, -0.2) is 376 Å². The van der Waals surface area contributed by atoms with Crippen molar-refractivity contribution in [2.45, 2.75) is 0 Å². The number of nitrogens with one attached hydrogen (secondary N) is 4. The van der Waals surface area contributed by atoms with Crippen LogP contribution in [0.5, 0.6) is 0 Å². The fourth-order valence-electron chi connectivity index (χ4n) is 13.4. The van der Waals surface area contributed by atoms with Gasteiger partial charge in [-0.1, -0.05) is 121 Å². The van der Waals surface area contributed by atoms with E-state index in [4.69, 9.17) is 28.4 Å². The zero-order valence-electron chi connectivity index (χ0n) is 70.2. The van der Waals surface area contributed by atoms with Crippen molar-refractivity contribution in [1.82, 2.24) is 60.5 Å². The predicted molar refractivity (Wildman–Crippen MR) is 456 cm³/mol. The maximum Gasteiger partial charge on any atom is 3.00 e. The van der Waals surface area contributed by atoms with Crippen LogP contribution in [0, 0.1) is 49.4 Å². The Morgan fingerprint density at radius 1 is 0.312 bits per heavy atom. The molecule has 0 saturated carbocycles. The van der Waals surface area contributed by atoms with Crippen LogP contribution in [0.15, 0.2) is 158 Å². The average Bonchev–Trinajstić information content (AvgIpc) is 0.787. The fraction of sp³-hybridized carbons (Fsp3) is 0.442. The number of carbonyl (C=O) groups excluding carboxylic acids is 9. The van der Waals surface area contributed by atoms with Gasteiger partial charge in [0, 0.05) is 172 Å². The number of benzene rings is 6. The number of esters is 2. The van der Waals surface area contributed by atoms with Gasteiger partial charge in [0.15, 0.2) is 0 Å². The number of carboxylic acid groups (broad SMARTS) is 6. The second-order valence-electron chi connectivity index (χ2n) is 28.6. The van der Waals surface area contributed by atoms with E-state index in [1.54, 1.807) is 70.7 Å². The van der Waals surface area contributed by atoms with E-state index in [0.717, 1.165) is 21.2 Å². The van der Waals surface area contributed by atoms with Crippen LogP contribution in [0.2, 0.25) is 0 Å². The summed E-state index contributed by atoms with van der Waals surface area (Å²) in [7, 11) is 0.271. The van der Waals surface area contributed by atoms with E-state index >= 15 is 0 Å². The Bertz CT molecular complexity index is 3960. The molecule has 39 heteroatoms. The maximum atomic E-state index is 13.3. The number of methoxy groups -OCH3 is 2. The number of carbonyl (C=O) groups is 12. The first-order chi connectivity index (χ1) is 59.9. The second-order valence-corrected chi connectivity index (χ2v) is 33.0. The van der Waals surface area contributed by atoms with Crippen LogP contribution in [0.4, 0.5) is 0 Å². The largest absolute Gasteiger partial charge is 3.00 e. The molecule has 6 aromatic carbocycles. The van der Waals surface area contributed by atoms with Crippen molar-refractivity contribution in [3.05, 3.63) is 180 Å². The number of hydrogen-bond donors (Lipinski definition) is 7. The number of nitrogens with zero attached hydrogens (tertiary/aromatic N) is 8. The minimum Gasteiger partial charge on any atom is -0.549 e. The molecule has 0 atom stereocenters. The molecule has 2 heterocycles. The van der Waals surface area contributed by atoms with Crippen LogP contribution in [0.25, 0.3) is 0 Å². The molecule has 2 saturated heterocycles. The van der Waals surface area contributed by atoms with Crippen molar-refractivity contribution < 1.29 is 166 Å². The number of amides is 4. The van der Waals surface area contributed by atoms with Gasteiger partial charge in [0.2, 0.25) is 11.8 Å². The monoisotopic (exact) mass is 1910 g/mol. The minimum absolute atomic E-state index is 0. The molecule has 676 valence electrons. The standard InChI is InChI=1S/2C43H57N6O12P.Eu/c2*1-59-43(58)36-13-12-33(28-37(36)62(34-8-4-2-5-9-34)35-10-6-3-7-11-35)42(57)45-15-25-61-27-26-60-24-14-44-38(50)29-46-16-18-47(30-39(51)52)20-22-49(32-41(55)56)23-21-48(19-17-46)31-40(53)54;/h2*2-13,28H,14-27,29-32H2,1H3,(H,44,50)(H,45,57)(H,51,52)(H,53,54)(H,55,56);/q;;+3/p-3. The fourth-order valence-corrected chi connectivity index (χ4v) is 18.3. The molecule has 6 aromatic rings. The van der Waals surface area contributed by atoms with Crippen LogP contribution in [0.3, 0.4) is 0 Å². The first kappa shape index (κ1) is 105. The summed E-state index contributed by atoms with van der Waals surface area (Å²) < 4.78 is 32.7. The van der Waals surface area contributed by atoms with E-state index < -0.39 is 70.1 Å². The molecule has 0 bridgehead atoms. The van der Waals surface area contributed by atoms with E-state index in [9.17, 15) is 88.2 Å². The Balaban J connectivity index is 0.000000383. The summed E-state index contributed by atoms with van der Waals surface area (Å²) >= 11 is 0. The van der Waals surface area contributed by atoms with Gasteiger partial charge in [-0.05, 0) is 73.5 Å². The number of carboxylic acids is 6. The Kier molecular flexibility index (Phi) is 49.5. The predicted octanol–water partition coefficient (Wildman–Crippen LogP) is -4.83. The molecule has 36 nitrogen and oxygen atoms in total. The van der Waals surface area contributed by atoms with Gasteiger partial charge in [-0.15, -0.1) is 0 Å². The van der Waals surface area contributed by atoms with Crippen LogP contribution < -0.4 is 68.4 Å². The van der Waals surface area contributed by atoms with E-state index in [-0.39, 0.29) is 276 Å². The van der Waals surface area contributed by atoms with Gasteiger partial charge in [-0.2, -0.15) is 0 Å². The van der Waals surface area contributed by atoms with Gasteiger partial charge >= 0.3 is 79.2 Å². The molecule has 2 aliphatic heterocycles. The Labute approximate surface area is 770 Å². The molecule has 8 rings (SSSR count). The zero-order chi connectivity index (χ0) is 89.4. The molecule has 4 amide bonds. The first-order valence-corrected chi connectivity index (χ1v) is 43.2. The maximum absolute atomic E-state index is 13.3. The smallest absolute Gasteiger partial charge is 0.549 e. The normalized spacial score (nSPS) is 14.8. The van der Waals surface area contributed by atoms with Gasteiger partial charge in [0.1, 0.15) is 0 Å². The quantitative estimate of drug-likeness (QED) is 0.0107. The number of rotatable bonds is 44. The van der Waals surface area contributed by atoms with Crippen molar-refractivity contribution in [3.63, 3.8) is 0 Å². The SMILES string of the molecule is COC(=O)c1ccc(C(=O)NCCOCCOCCNC(=O)CN2CCN(CC(=O)O)CCN(CC(=O)O)CCN(CC(=O)O)CC2)cc1P(c1ccccc1)c1ccccc1.COC(=O)c1ccc(C(=O)NCCOCCOCCNC(=O)CN2CCN(CC(=O)[O-])CCN(CC(=O)[O-])CCN(CC(=O)[O-])CC2)cc1P(c1ccccc1)c1ccccc1.[Eu+3]. The molecule has 0 unspecified atom stereocenters. The average molecular weight is 1910 g/mol. The topological polar surface area (TPSA) is 464 Å². The minimum atomic E-state index is -1.31. The molecule has 7 N–H and O–H groups in total. The van der Waals surface area contributed by atoms with Crippen LogP contribution >= 0.6 is 15.8 Å². The summed E-state index contributed by atoms with van der Waals surface area (Å²) in [5.41, 5.74) is 1.56. The summed E-state index contributed by atoms with van der Waals surface area (Å²) in [6.07, 6.45) is 0. The van der Waals surface area contributed by atoms with Crippen LogP contribution in [-0.2, 0) is 66.8 Å².